The molecule has 51 heavy (non-hydrogen) atoms. The van der Waals surface area contributed by atoms with Crippen molar-refractivity contribution >= 4 is 0 Å². The predicted molar refractivity (Wildman–Crippen MR) is 201 cm³/mol. The van der Waals surface area contributed by atoms with Crippen molar-refractivity contribution in [2.45, 2.75) is 182 Å². The van der Waals surface area contributed by atoms with Crippen molar-refractivity contribution in [2.24, 2.45) is 71.0 Å². The fourth-order valence-corrected chi connectivity index (χ4v) is 20.8. The predicted octanol–water partition coefficient (Wildman–Crippen LogP) is 11.3. The monoisotopic (exact) mass is 687 g/mol. The Labute approximate surface area is 308 Å². The van der Waals surface area contributed by atoms with Crippen LogP contribution in [-0.4, -0.2) is 19.3 Å². The van der Waals surface area contributed by atoms with Gasteiger partial charge in [0, 0.05) is 11.0 Å². The molecule has 17 aliphatic rings. The minimum atomic E-state index is 0.336. The maximum Gasteiger partial charge on any atom is 0.123 e. The van der Waals surface area contributed by atoms with Crippen molar-refractivity contribution < 1.29 is 9.47 Å². The van der Waals surface area contributed by atoms with Crippen LogP contribution in [0.1, 0.15) is 176 Å². The van der Waals surface area contributed by atoms with Gasteiger partial charge in [0.2, 0.25) is 0 Å². The number of hydrogen-bond donors (Lipinski definition) is 0. The van der Waals surface area contributed by atoms with E-state index in [9.17, 15) is 0 Å². The molecule has 0 N–H and O–H groups in total. The number of ether oxygens (including phenoxy) is 2. The summed E-state index contributed by atoms with van der Waals surface area (Å²) in [5.41, 5.74) is 9.82. The summed E-state index contributed by atoms with van der Waals surface area (Å²) < 4.78 is 13.5. The van der Waals surface area contributed by atoms with Crippen molar-refractivity contribution in [1.82, 2.24) is 0 Å². The van der Waals surface area contributed by atoms with Crippen LogP contribution in [0.5, 0.6) is 5.75 Å². The van der Waals surface area contributed by atoms with Crippen LogP contribution in [0.4, 0.5) is 0 Å². The van der Waals surface area contributed by atoms with E-state index in [-0.39, 0.29) is 0 Å². The van der Waals surface area contributed by atoms with Gasteiger partial charge in [-0.1, -0.05) is 0 Å². The van der Waals surface area contributed by atoms with E-state index in [4.69, 9.17) is 9.47 Å². The van der Waals surface area contributed by atoms with E-state index in [0.29, 0.717) is 27.8 Å². The van der Waals surface area contributed by atoms with Gasteiger partial charge in [-0.3, -0.25) is 0 Å². The van der Waals surface area contributed by atoms with E-state index in [1.807, 2.05) is 11.1 Å². The molecule has 0 aromatic heterocycles. The topological polar surface area (TPSA) is 21.8 Å². The second-order valence-electron chi connectivity index (χ2n) is 24.1. The van der Waals surface area contributed by atoms with Gasteiger partial charge >= 0.3 is 0 Å². The molecule has 0 amide bonds. The summed E-state index contributed by atoms with van der Waals surface area (Å²) in [7, 11) is 0. The molecule has 1 unspecified atom stereocenters. The molecule has 16 bridgehead atoms. The summed E-state index contributed by atoms with van der Waals surface area (Å²) in [4.78, 5) is 0. The normalized spacial score (nSPS) is 57.1. The largest absolute Gasteiger partial charge is 0.490 e. The third-order valence-electron chi connectivity index (χ3n) is 20.4. The molecule has 16 aliphatic carbocycles. The van der Waals surface area contributed by atoms with Crippen LogP contribution < -0.4 is 4.74 Å². The van der Waals surface area contributed by atoms with Crippen molar-refractivity contribution in [3.8, 4) is 5.75 Å². The SMILES string of the molecule is c1c(OCC2CO2)c(C23CC4CC(CC(C4)C2)C3)c(C23CC4CC(CC(C4)C2)C3)c(C23CC4CC(CC(C4)C2)C3)c1C12CC3CC(CC(C3)C1)C2. The van der Waals surface area contributed by atoms with E-state index < -0.39 is 0 Å². The van der Waals surface area contributed by atoms with Crippen molar-refractivity contribution in [3.05, 3.63) is 28.3 Å². The standard InChI is InChI=1S/C49H66O2/c1-28-2-30-3-29(1)15-46(14-28,16-30)41-13-42(51-27-40-26-50-40)44(48-20-34-7-35(21-48)9-36(8-34)22-48)45(49-23-37-10-38(24-49)12-39(11-37)25-49)43(41)47-17-31-4-32(18-47)6-33(5-31)19-47/h13,28-40H,1-12,14-27H2. The van der Waals surface area contributed by atoms with E-state index in [1.54, 1.807) is 96.3 Å². The highest BCUT2D eigenvalue weighted by atomic mass is 16.6. The Morgan fingerprint density at radius 2 is 0.706 bits per heavy atom. The Morgan fingerprint density at radius 1 is 0.412 bits per heavy atom. The van der Waals surface area contributed by atoms with Crippen LogP contribution in [0.2, 0.25) is 0 Å². The Bertz CT molecular complexity index is 1520. The van der Waals surface area contributed by atoms with Gasteiger partial charge in [0.25, 0.3) is 0 Å². The first-order valence-electron chi connectivity index (χ1n) is 23.4. The summed E-state index contributed by atoms with van der Waals surface area (Å²) in [6.45, 7) is 1.72. The fourth-order valence-electron chi connectivity index (χ4n) is 20.8. The lowest BCUT2D eigenvalue weighted by molar-refractivity contribution is -0.0295. The third-order valence-corrected chi connectivity index (χ3v) is 20.4. The van der Waals surface area contributed by atoms with Crippen molar-refractivity contribution in [3.63, 3.8) is 0 Å². The second-order valence-corrected chi connectivity index (χ2v) is 24.1. The smallest absolute Gasteiger partial charge is 0.123 e. The zero-order valence-corrected chi connectivity index (χ0v) is 31.8. The molecule has 1 heterocycles. The third kappa shape index (κ3) is 4.28. The summed E-state index contributed by atoms with van der Waals surface area (Å²) in [6, 6.07) is 2.95. The highest BCUT2D eigenvalue weighted by molar-refractivity contribution is 5.63. The van der Waals surface area contributed by atoms with Gasteiger partial charge in [-0.2, -0.15) is 0 Å². The average molecular weight is 687 g/mol. The summed E-state index contributed by atoms with van der Waals surface area (Å²) in [5, 5.41) is 0. The van der Waals surface area contributed by atoms with E-state index in [2.05, 4.69) is 17.2 Å². The van der Waals surface area contributed by atoms with Crippen LogP contribution in [0.25, 0.3) is 0 Å². The van der Waals surface area contributed by atoms with Crippen LogP contribution in [-0.2, 0) is 26.4 Å². The van der Waals surface area contributed by atoms with Crippen molar-refractivity contribution in [2.75, 3.05) is 13.2 Å². The lowest BCUT2D eigenvalue weighted by atomic mass is 9.39. The first-order chi connectivity index (χ1) is 24.9. The molecular weight excluding hydrogens is 621 g/mol. The molecule has 274 valence electrons. The highest BCUT2D eigenvalue weighted by Gasteiger charge is 2.63. The highest BCUT2D eigenvalue weighted by Crippen LogP contribution is 2.72. The maximum atomic E-state index is 7.51. The van der Waals surface area contributed by atoms with Gasteiger partial charge in [0.15, 0.2) is 0 Å². The summed E-state index contributed by atoms with van der Waals surface area (Å²) in [5.74, 6) is 13.4. The van der Waals surface area contributed by atoms with E-state index in [1.165, 1.54) is 63.5 Å². The molecule has 1 aromatic rings. The first kappa shape index (κ1) is 30.2. The fraction of sp³-hybridized carbons (Fsp3) is 0.878. The molecule has 1 atom stereocenters. The Kier molecular flexibility index (Phi) is 5.95. The first-order valence-corrected chi connectivity index (χ1v) is 23.4. The summed E-state index contributed by atoms with van der Waals surface area (Å²) in [6.07, 6.45) is 37.3. The lowest BCUT2D eigenvalue weighted by Crippen LogP contribution is -2.56. The number of epoxide rings is 1. The molecule has 1 saturated heterocycles. The summed E-state index contributed by atoms with van der Waals surface area (Å²) >= 11 is 0. The second kappa shape index (κ2) is 10.0. The molecule has 2 heteroatoms. The maximum absolute atomic E-state index is 7.51. The minimum absolute atomic E-state index is 0.336. The van der Waals surface area contributed by atoms with Crippen LogP contribution >= 0.6 is 0 Å². The Balaban J connectivity index is 1.08. The molecular formula is C49H66O2. The molecule has 17 fully saturated rings. The molecule has 0 radical (unpaired) electrons. The molecule has 1 aromatic carbocycles. The molecule has 2 nitrogen and oxygen atoms in total. The van der Waals surface area contributed by atoms with Crippen LogP contribution in [0.3, 0.4) is 0 Å². The Hall–Kier alpha value is -1.02. The van der Waals surface area contributed by atoms with Crippen LogP contribution in [0.15, 0.2) is 6.07 Å². The minimum Gasteiger partial charge on any atom is -0.490 e. The Morgan fingerprint density at radius 3 is 1.04 bits per heavy atom. The quantitative estimate of drug-likeness (QED) is 0.266. The van der Waals surface area contributed by atoms with Gasteiger partial charge < -0.3 is 9.47 Å². The molecule has 0 spiro atoms. The van der Waals surface area contributed by atoms with Crippen LogP contribution in [0, 0.1) is 71.0 Å². The van der Waals surface area contributed by atoms with Gasteiger partial charge in [-0.25, -0.2) is 0 Å². The van der Waals surface area contributed by atoms with Crippen molar-refractivity contribution in [1.29, 1.82) is 0 Å². The zero-order chi connectivity index (χ0) is 32.9. The van der Waals surface area contributed by atoms with Gasteiger partial charge in [0.05, 0.1) is 6.61 Å². The van der Waals surface area contributed by atoms with Gasteiger partial charge in [-0.05, 0) is 264 Å². The number of hydrogen-bond acceptors (Lipinski definition) is 2. The average Bonchev–Trinajstić information content (AvgIpc) is 3.89. The molecule has 16 saturated carbocycles. The van der Waals surface area contributed by atoms with E-state index >= 15 is 0 Å². The van der Waals surface area contributed by atoms with Gasteiger partial charge in [-0.15, -0.1) is 0 Å². The lowest BCUT2D eigenvalue weighted by Gasteiger charge is -2.65. The van der Waals surface area contributed by atoms with E-state index in [0.717, 1.165) is 84.2 Å². The number of benzene rings is 1. The molecule has 18 rings (SSSR count). The molecule has 1 aliphatic heterocycles. The zero-order valence-electron chi connectivity index (χ0n) is 31.8. The number of rotatable bonds is 7. The van der Waals surface area contributed by atoms with Gasteiger partial charge in [0.1, 0.15) is 18.5 Å².